The molecule has 2 aromatic rings. The Morgan fingerprint density at radius 1 is 1.20 bits per heavy atom. The molecule has 3 N–H and O–H groups in total. The van der Waals surface area contributed by atoms with E-state index < -0.39 is 5.41 Å². The molecule has 2 aliphatic carbocycles. The van der Waals surface area contributed by atoms with Crippen LogP contribution in [0, 0.1) is 24.2 Å². The van der Waals surface area contributed by atoms with Crippen LogP contribution in [0.25, 0.3) is 5.70 Å². The van der Waals surface area contributed by atoms with Crippen molar-refractivity contribution in [2.45, 2.75) is 97.5 Å². The first-order chi connectivity index (χ1) is 21.5. The summed E-state index contributed by atoms with van der Waals surface area (Å²) in [5.41, 5.74) is 8.71. The highest BCUT2D eigenvalue weighted by Gasteiger charge is 2.49. The summed E-state index contributed by atoms with van der Waals surface area (Å²) >= 11 is 1.67. The van der Waals surface area contributed by atoms with Crippen LogP contribution in [0.2, 0.25) is 0 Å². The van der Waals surface area contributed by atoms with Crippen molar-refractivity contribution in [2.75, 3.05) is 52.7 Å². The van der Waals surface area contributed by atoms with Crippen molar-refractivity contribution in [3.63, 3.8) is 0 Å². The molecule has 0 radical (unpaired) electrons. The number of anilines is 1. The van der Waals surface area contributed by atoms with Gasteiger partial charge in [0.15, 0.2) is 11.6 Å². The SMILES string of the molecule is CC.CNCCCC(C)[C@H](C)Oc1cc(N(C)CCN(C)C)nc(/C(N)=C2\CCC[C@@]3(CCCc4sc(C)c(C#N)c43)C2=O)n1.[HH]. The number of fused-ring (bicyclic) bond motifs is 2. The number of ketones is 1. The molecule has 0 bridgehead atoms. The number of nitrogens with two attached hydrogens (primary N) is 1. The van der Waals surface area contributed by atoms with Crippen molar-refractivity contribution in [2.24, 2.45) is 11.7 Å². The number of rotatable bonds is 12. The van der Waals surface area contributed by atoms with E-state index in [1.807, 2.05) is 55.0 Å². The van der Waals surface area contributed by atoms with E-state index in [9.17, 15) is 10.1 Å². The fraction of sp³-hybridized carbons (Fsp3) is 0.657. The van der Waals surface area contributed by atoms with E-state index >= 15 is 0 Å². The van der Waals surface area contributed by atoms with Gasteiger partial charge in [-0.05, 0) is 104 Å². The summed E-state index contributed by atoms with van der Waals surface area (Å²) in [6.07, 6.45) is 6.79. The maximum atomic E-state index is 14.5. The number of carbonyl (C=O) groups is 1. The monoisotopic (exact) mass is 639 g/mol. The molecule has 2 heterocycles. The number of likely N-dealkylation sites (N-methyl/N-ethyl adjacent to an activating group) is 2. The third kappa shape index (κ3) is 8.24. The Morgan fingerprint density at radius 2 is 1.89 bits per heavy atom. The number of carbonyl (C=O) groups excluding carboxylic acids is 1. The number of allylic oxidation sites excluding steroid dienone is 1. The Morgan fingerprint density at radius 3 is 2.53 bits per heavy atom. The molecule has 9 nitrogen and oxygen atoms in total. The zero-order valence-corrected chi connectivity index (χ0v) is 29.9. The third-order valence-corrected chi connectivity index (χ3v) is 10.4. The van der Waals surface area contributed by atoms with Crippen molar-refractivity contribution in [3.05, 3.63) is 38.3 Å². The van der Waals surface area contributed by atoms with Crippen LogP contribution in [-0.2, 0) is 16.6 Å². The Hall–Kier alpha value is -3.00. The van der Waals surface area contributed by atoms with Crippen molar-refractivity contribution in [1.82, 2.24) is 20.2 Å². The molecular weight excluding hydrogens is 582 g/mol. The molecule has 1 unspecified atom stereocenters. The van der Waals surface area contributed by atoms with Crippen LogP contribution in [-0.4, -0.2) is 74.6 Å². The summed E-state index contributed by atoms with van der Waals surface area (Å²) in [5.74, 6) is 1.87. The molecule has 1 fully saturated rings. The Labute approximate surface area is 276 Å². The van der Waals surface area contributed by atoms with Gasteiger partial charge in [-0.3, -0.25) is 4.79 Å². The Kier molecular flexibility index (Phi) is 13.4. The molecule has 1 saturated carbocycles. The first-order valence-electron chi connectivity index (χ1n) is 16.6. The van der Waals surface area contributed by atoms with Gasteiger partial charge in [-0.15, -0.1) is 11.3 Å². The van der Waals surface area contributed by atoms with E-state index in [4.69, 9.17) is 20.4 Å². The molecule has 1 spiro atoms. The Bertz CT molecular complexity index is 1390. The lowest BCUT2D eigenvalue weighted by molar-refractivity contribution is -0.122. The van der Waals surface area contributed by atoms with Gasteiger partial charge in [-0.2, -0.15) is 10.2 Å². The predicted octanol–water partition coefficient (Wildman–Crippen LogP) is 6.09. The number of Topliss-reactive ketones (excluding diaryl/α,β-unsaturated/α-hetero) is 1. The highest BCUT2D eigenvalue weighted by atomic mass is 32.1. The quantitative estimate of drug-likeness (QED) is 0.210. The molecular formula is C35H57N7O2S. The fourth-order valence-corrected chi connectivity index (χ4v) is 7.71. The molecule has 0 aliphatic heterocycles. The van der Waals surface area contributed by atoms with Gasteiger partial charge in [-0.1, -0.05) is 20.8 Å². The molecule has 0 saturated heterocycles. The van der Waals surface area contributed by atoms with Crippen molar-refractivity contribution < 1.29 is 11.0 Å². The van der Waals surface area contributed by atoms with E-state index in [1.54, 1.807) is 11.3 Å². The highest BCUT2D eigenvalue weighted by Crippen LogP contribution is 2.51. The maximum absolute atomic E-state index is 14.5. The van der Waals surface area contributed by atoms with Gasteiger partial charge >= 0.3 is 0 Å². The number of hydrogen-bond acceptors (Lipinski definition) is 10. The molecule has 0 amide bonds. The minimum Gasteiger partial charge on any atom is -0.474 e. The number of aromatic nitrogens is 2. The van der Waals surface area contributed by atoms with Crippen molar-refractivity contribution in [3.8, 4) is 11.9 Å². The minimum absolute atomic E-state index is 0. The lowest BCUT2D eigenvalue weighted by atomic mass is 9.61. The van der Waals surface area contributed by atoms with Gasteiger partial charge < -0.3 is 25.6 Å². The summed E-state index contributed by atoms with van der Waals surface area (Å²) < 4.78 is 6.41. The van der Waals surface area contributed by atoms with E-state index in [1.165, 1.54) is 4.88 Å². The molecule has 0 aromatic carbocycles. The van der Waals surface area contributed by atoms with Gasteiger partial charge in [0.25, 0.3) is 0 Å². The molecule has 2 aliphatic rings. The van der Waals surface area contributed by atoms with Crippen LogP contribution in [0.4, 0.5) is 5.82 Å². The summed E-state index contributed by atoms with van der Waals surface area (Å²) in [7, 11) is 8.05. The van der Waals surface area contributed by atoms with Crippen molar-refractivity contribution in [1.29, 1.82) is 5.26 Å². The topological polar surface area (TPSA) is 120 Å². The van der Waals surface area contributed by atoms with Gasteiger partial charge in [0.05, 0.1) is 16.7 Å². The molecule has 4 rings (SSSR count). The lowest BCUT2D eigenvalue weighted by Gasteiger charge is -2.40. The molecule has 3 atom stereocenters. The zero-order chi connectivity index (χ0) is 33.3. The third-order valence-electron chi connectivity index (χ3n) is 9.22. The molecule has 2 aromatic heterocycles. The number of nitrogens with one attached hydrogen (secondary N) is 1. The largest absolute Gasteiger partial charge is 0.474 e. The van der Waals surface area contributed by atoms with E-state index in [0.29, 0.717) is 46.7 Å². The van der Waals surface area contributed by atoms with Gasteiger partial charge in [-0.25, -0.2) is 4.98 Å². The van der Waals surface area contributed by atoms with Crippen LogP contribution < -0.4 is 20.7 Å². The first-order valence-corrected chi connectivity index (χ1v) is 17.5. The zero-order valence-electron chi connectivity index (χ0n) is 29.0. The van der Waals surface area contributed by atoms with Crippen molar-refractivity contribution >= 4 is 28.6 Å². The molecule has 250 valence electrons. The molecule has 45 heavy (non-hydrogen) atoms. The summed E-state index contributed by atoms with van der Waals surface area (Å²) in [6.45, 7) is 12.8. The number of hydrogen-bond donors (Lipinski definition) is 2. The number of thiophene rings is 1. The fourth-order valence-electron chi connectivity index (χ4n) is 6.44. The smallest absolute Gasteiger partial charge is 0.219 e. The first kappa shape index (κ1) is 36.5. The minimum atomic E-state index is -0.696. The predicted molar refractivity (Wildman–Crippen MR) is 188 cm³/mol. The second-order valence-electron chi connectivity index (χ2n) is 12.6. The van der Waals surface area contributed by atoms with Gasteiger partial charge in [0.1, 0.15) is 18.0 Å². The van der Waals surface area contributed by atoms with Crippen LogP contribution >= 0.6 is 11.3 Å². The van der Waals surface area contributed by atoms with Gasteiger partial charge in [0.2, 0.25) is 5.88 Å². The van der Waals surface area contributed by atoms with Crippen LogP contribution in [0.3, 0.4) is 0 Å². The number of aryl methyl sites for hydroxylation is 2. The van der Waals surface area contributed by atoms with Crippen LogP contribution in [0.5, 0.6) is 5.88 Å². The second-order valence-corrected chi connectivity index (χ2v) is 13.9. The van der Waals surface area contributed by atoms with E-state index in [-0.39, 0.29) is 13.3 Å². The maximum Gasteiger partial charge on any atom is 0.219 e. The summed E-state index contributed by atoms with van der Waals surface area (Å²) in [6, 6.07) is 4.29. The highest BCUT2D eigenvalue weighted by molar-refractivity contribution is 7.12. The average Bonchev–Trinajstić information content (AvgIpc) is 3.37. The lowest BCUT2D eigenvalue weighted by Crippen LogP contribution is -2.43. The number of ether oxygens (including phenoxy) is 1. The van der Waals surface area contributed by atoms with Crippen LogP contribution in [0.15, 0.2) is 11.6 Å². The van der Waals surface area contributed by atoms with E-state index in [0.717, 1.165) is 75.0 Å². The molecule has 10 heteroatoms. The second kappa shape index (κ2) is 16.5. The van der Waals surface area contributed by atoms with E-state index in [2.05, 4.69) is 35.0 Å². The number of nitriles is 1. The summed E-state index contributed by atoms with van der Waals surface area (Å²) in [5, 5.41) is 13.3. The standard InChI is InChI=1S/C33H49N7O2S.C2H6.H2/c1-21(11-10-16-36-4)22(2)42-28-19-27(40(7)18-17-39(5)6)37-32(38-28)30(35)24-12-8-14-33(31(24)41)15-9-13-26-29(33)25(20-34)23(3)43-26;1-2;/h19,21-22,36H,8-18,35H2,1-7H3;1-2H3;1H/b30-24-;;/t21?,22-,33-;;/m0../s1. The Balaban J connectivity index is 0.00000241. The number of nitrogens with zero attached hydrogens (tertiary/aromatic N) is 5. The average molecular weight is 640 g/mol. The van der Waals surface area contributed by atoms with Crippen LogP contribution in [0.1, 0.15) is 101 Å². The van der Waals surface area contributed by atoms with Gasteiger partial charge in [0, 0.05) is 43.0 Å². The normalized spacial score (nSPS) is 20.2. The summed E-state index contributed by atoms with van der Waals surface area (Å²) in [4.78, 5) is 30.5.